The molecule has 0 radical (unpaired) electrons. The normalized spacial score (nSPS) is 17.5. The number of ether oxygens (including phenoxy) is 2. The van der Waals surface area contributed by atoms with Gasteiger partial charge in [-0.2, -0.15) is 0 Å². The summed E-state index contributed by atoms with van der Waals surface area (Å²) in [5.41, 5.74) is 2.89. The minimum Gasteiger partial charge on any atom is -0.493 e. The van der Waals surface area contributed by atoms with Crippen molar-refractivity contribution in [3.05, 3.63) is 29.3 Å². The Morgan fingerprint density at radius 3 is 2.95 bits per heavy atom. The monoisotopic (exact) mass is 263 g/mol. The van der Waals surface area contributed by atoms with Gasteiger partial charge in [-0.25, -0.2) is 0 Å². The predicted molar refractivity (Wildman–Crippen MR) is 77.8 cm³/mol. The zero-order valence-electron chi connectivity index (χ0n) is 12.1. The topological polar surface area (TPSA) is 30.5 Å². The largest absolute Gasteiger partial charge is 0.493 e. The van der Waals surface area contributed by atoms with E-state index in [4.69, 9.17) is 9.47 Å². The fourth-order valence-corrected chi connectivity index (χ4v) is 2.64. The molecule has 19 heavy (non-hydrogen) atoms. The van der Waals surface area contributed by atoms with E-state index in [9.17, 15) is 0 Å². The first-order valence-corrected chi connectivity index (χ1v) is 7.42. The molecule has 0 aliphatic heterocycles. The molecule has 1 aromatic carbocycles. The quantitative estimate of drug-likeness (QED) is 0.731. The van der Waals surface area contributed by atoms with Crippen molar-refractivity contribution < 1.29 is 9.47 Å². The minimum absolute atomic E-state index is 0.534. The lowest BCUT2D eigenvalue weighted by Crippen LogP contribution is -2.18. The molecule has 0 saturated heterocycles. The third kappa shape index (κ3) is 3.95. The zero-order valence-corrected chi connectivity index (χ0v) is 12.1. The Kier molecular flexibility index (Phi) is 5.67. The van der Waals surface area contributed by atoms with Gasteiger partial charge in [0.1, 0.15) is 5.75 Å². The molecule has 3 nitrogen and oxygen atoms in total. The molecule has 0 aromatic heterocycles. The maximum Gasteiger partial charge on any atom is 0.119 e. The van der Waals surface area contributed by atoms with Gasteiger partial charge < -0.3 is 14.8 Å². The molecule has 1 aromatic rings. The van der Waals surface area contributed by atoms with Gasteiger partial charge in [-0.3, -0.25) is 0 Å². The van der Waals surface area contributed by atoms with Crippen LogP contribution in [0.25, 0.3) is 0 Å². The molecule has 0 heterocycles. The van der Waals surface area contributed by atoms with Gasteiger partial charge in [-0.05, 0) is 49.6 Å². The summed E-state index contributed by atoms with van der Waals surface area (Å²) in [5.74, 6) is 0.993. The van der Waals surface area contributed by atoms with Gasteiger partial charge >= 0.3 is 0 Å². The van der Waals surface area contributed by atoms with Gasteiger partial charge in [0.15, 0.2) is 0 Å². The average Bonchev–Trinajstić information content (AvgIpc) is 2.82. The minimum atomic E-state index is 0.534. The first-order chi connectivity index (χ1) is 9.35. The van der Waals surface area contributed by atoms with Crippen molar-refractivity contribution >= 4 is 0 Å². The Hall–Kier alpha value is -1.06. The number of rotatable bonds is 8. The van der Waals surface area contributed by atoms with Crippen LogP contribution in [-0.4, -0.2) is 26.4 Å². The molecular weight excluding hydrogens is 238 g/mol. The van der Waals surface area contributed by atoms with Crippen molar-refractivity contribution in [2.45, 2.75) is 39.2 Å². The van der Waals surface area contributed by atoms with E-state index >= 15 is 0 Å². The van der Waals surface area contributed by atoms with Crippen molar-refractivity contribution in [1.82, 2.24) is 5.32 Å². The lowest BCUT2D eigenvalue weighted by atomic mass is 10.1. The van der Waals surface area contributed by atoms with Gasteiger partial charge in [0.05, 0.1) is 6.61 Å². The van der Waals surface area contributed by atoms with Crippen LogP contribution in [-0.2, 0) is 11.2 Å². The Morgan fingerprint density at radius 1 is 1.26 bits per heavy atom. The molecule has 1 aliphatic carbocycles. The smallest absolute Gasteiger partial charge is 0.119 e. The number of benzene rings is 1. The summed E-state index contributed by atoms with van der Waals surface area (Å²) in [7, 11) is 0. The van der Waals surface area contributed by atoms with Crippen LogP contribution in [0.1, 0.15) is 43.9 Å². The number of fused-ring (bicyclic) bond motifs is 1. The van der Waals surface area contributed by atoms with Gasteiger partial charge in [-0.15, -0.1) is 0 Å². The molecule has 0 spiro atoms. The molecular formula is C16H25NO2. The number of nitrogens with one attached hydrogen (secondary N) is 1. The summed E-state index contributed by atoms with van der Waals surface area (Å²) < 4.78 is 11.1. The number of hydrogen-bond acceptors (Lipinski definition) is 3. The van der Waals surface area contributed by atoms with Crippen LogP contribution in [0.5, 0.6) is 5.75 Å². The predicted octanol–water partition coefficient (Wildman–Crippen LogP) is 3.09. The van der Waals surface area contributed by atoms with E-state index in [1.165, 1.54) is 17.5 Å². The molecule has 1 unspecified atom stereocenters. The number of aryl methyl sites for hydroxylation is 1. The zero-order chi connectivity index (χ0) is 13.5. The highest BCUT2D eigenvalue weighted by atomic mass is 16.5. The van der Waals surface area contributed by atoms with Crippen LogP contribution < -0.4 is 10.1 Å². The summed E-state index contributed by atoms with van der Waals surface area (Å²) in [5, 5.41) is 3.53. The van der Waals surface area contributed by atoms with Crippen molar-refractivity contribution in [2.24, 2.45) is 0 Å². The van der Waals surface area contributed by atoms with Gasteiger partial charge in [-0.1, -0.05) is 13.0 Å². The van der Waals surface area contributed by atoms with Crippen LogP contribution in [0.15, 0.2) is 18.2 Å². The Balaban J connectivity index is 1.84. The highest BCUT2D eigenvalue weighted by molar-refractivity contribution is 5.40. The van der Waals surface area contributed by atoms with E-state index in [0.717, 1.165) is 45.0 Å². The van der Waals surface area contributed by atoms with E-state index in [0.29, 0.717) is 6.04 Å². The van der Waals surface area contributed by atoms with E-state index in [1.54, 1.807) is 0 Å². The summed E-state index contributed by atoms with van der Waals surface area (Å²) in [6.45, 7) is 7.50. The second-order valence-corrected chi connectivity index (χ2v) is 4.91. The fraction of sp³-hybridized carbons (Fsp3) is 0.625. The third-order valence-electron chi connectivity index (χ3n) is 3.55. The van der Waals surface area contributed by atoms with Crippen LogP contribution in [0.3, 0.4) is 0 Å². The maximum absolute atomic E-state index is 5.77. The molecule has 0 saturated carbocycles. The molecule has 0 fully saturated rings. The molecule has 1 atom stereocenters. The lowest BCUT2D eigenvalue weighted by molar-refractivity contribution is 0.131. The second kappa shape index (κ2) is 7.51. The standard InChI is InChI=1S/C16H25NO2/c1-3-17-16-9-6-13-12-14(7-8-15(13)16)19-11-5-10-18-4-2/h7-8,12,16-17H,3-6,9-11H2,1-2H3. The van der Waals surface area contributed by atoms with Gasteiger partial charge in [0.2, 0.25) is 0 Å². The van der Waals surface area contributed by atoms with E-state index in [1.807, 2.05) is 6.92 Å². The van der Waals surface area contributed by atoms with Gasteiger partial charge in [0.25, 0.3) is 0 Å². The summed E-state index contributed by atoms with van der Waals surface area (Å²) in [4.78, 5) is 0. The molecule has 3 heteroatoms. The second-order valence-electron chi connectivity index (χ2n) is 4.91. The van der Waals surface area contributed by atoms with Crippen molar-refractivity contribution in [1.29, 1.82) is 0 Å². The Bertz CT molecular complexity index is 392. The van der Waals surface area contributed by atoms with Crippen LogP contribution >= 0.6 is 0 Å². The van der Waals surface area contributed by atoms with Crippen LogP contribution in [0.2, 0.25) is 0 Å². The van der Waals surface area contributed by atoms with Crippen LogP contribution in [0.4, 0.5) is 0 Å². The fourth-order valence-electron chi connectivity index (χ4n) is 2.64. The highest BCUT2D eigenvalue weighted by Crippen LogP contribution is 2.33. The molecule has 1 aliphatic rings. The molecule has 2 rings (SSSR count). The van der Waals surface area contributed by atoms with Crippen molar-refractivity contribution in [3.63, 3.8) is 0 Å². The molecule has 0 amide bonds. The molecule has 1 N–H and O–H groups in total. The third-order valence-corrected chi connectivity index (χ3v) is 3.55. The van der Waals surface area contributed by atoms with Crippen molar-refractivity contribution in [2.75, 3.05) is 26.4 Å². The van der Waals surface area contributed by atoms with E-state index in [-0.39, 0.29) is 0 Å². The highest BCUT2D eigenvalue weighted by Gasteiger charge is 2.21. The first-order valence-electron chi connectivity index (χ1n) is 7.42. The Labute approximate surface area is 116 Å². The maximum atomic E-state index is 5.77. The average molecular weight is 263 g/mol. The summed E-state index contributed by atoms with van der Waals surface area (Å²) in [6, 6.07) is 7.04. The first kappa shape index (κ1) is 14.4. The van der Waals surface area contributed by atoms with Crippen LogP contribution in [0, 0.1) is 0 Å². The van der Waals surface area contributed by atoms with Crippen molar-refractivity contribution in [3.8, 4) is 5.75 Å². The summed E-state index contributed by atoms with van der Waals surface area (Å²) >= 11 is 0. The lowest BCUT2D eigenvalue weighted by Gasteiger charge is -2.13. The van der Waals surface area contributed by atoms with Gasteiger partial charge in [0, 0.05) is 25.7 Å². The van der Waals surface area contributed by atoms with E-state index in [2.05, 4.69) is 30.4 Å². The summed E-state index contributed by atoms with van der Waals surface area (Å²) in [6.07, 6.45) is 3.31. The SMILES string of the molecule is CCNC1CCc2cc(OCCCOCC)ccc21. The molecule has 106 valence electrons. The Morgan fingerprint density at radius 2 is 2.16 bits per heavy atom. The number of hydrogen-bond donors (Lipinski definition) is 1. The molecule has 0 bridgehead atoms. The van der Waals surface area contributed by atoms with E-state index < -0.39 is 0 Å².